The first kappa shape index (κ1) is 16.5. The second kappa shape index (κ2) is 6.17. The van der Waals surface area contributed by atoms with E-state index in [9.17, 15) is 9.18 Å². The predicted octanol–water partition coefficient (Wildman–Crippen LogP) is 2.92. The molecule has 1 aromatic rings. The molecular weight excluding hydrogens is 331 g/mol. The fourth-order valence-corrected chi connectivity index (χ4v) is 5.80. The highest BCUT2D eigenvalue weighted by Gasteiger charge is 2.50. The monoisotopic (exact) mass is 358 g/mol. The molecule has 1 N–H and O–H groups in total. The molecule has 1 aliphatic heterocycles. The molecule has 1 spiro atoms. The number of carbonyl (C=O) groups is 1. The van der Waals surface area contributed by atoms with Crippen molar-refractivity contribution in [2.75, 3.05) is 18.0 Å². The van der Waals surface area contributed by atoms with Crippen molar-refractivity contribution >= 4 is 11.9 Å². The van der Waals surface area contributed by atoms with E-state index in [-0.39, 0.29) is 11.3 Å². The first-order valence-electron chi connectivity index (χ1n) is 10.2. The lowest BCUT2D eigenvalue weighted by Crippen LogP contribution is -2.51. The van der Waals surface area contributed by atoms with E-state index in [0.29, 0.717) is 17.9 Å². The number of hydrogen-bond acceptors (Lipinski definition) is 4. The van der Waals surface area contributed by atoms with Gasteiger partial charge in [0.05, 0.1) is 12.4 Å². The van der Waals surface area contributed by atoms with Crippen molar-refractivity contribution in [3.8, 4) is 0 Å². The molecular formula is C20H27FN4O. The van der Waals surface area contributed by atoms with Gasteiger partial charge in [-0.05, 0) is 62.2 Å². The van der Waals surface area contributed by atoms with Gasteiger partial charge in [0.25, 0.3) is 0 Å². The Morgan fingerprint density at radius 3 is 2.50 bits per heavy atom. The number of amides is 1. The molecule has 3 aliphatic carbocycles. The minimum Gasteiger partial charge on any atom is -0.353 e. The molecule has 5 nitrogen and oxygen atoms in total. The highest BCUT2D eigenvalue weighted by molar-refractivity contribution is 5.79. The van der Waals surface area contributed by atoms with Crippen molar-refractivity contribution < 1.29 is 9.18 Å². The summed E-state index contributed by atoms with van der Waals surface area (Å²) in [6, 6.07) is 0.322. The summed E-state index contributed by atoms with van der Waals surface area (Å²) in [7, 11) is 0. The molecule has 1 saturated heterocycles. The summed E-state index contributed by atoms with van der Waals surface area (Å²) in [5.74, 6) is 2.50. The summed E-state index contributed by atoms with van der Waals surface area (Å²) >= 11 is 0. The van der Waals surface area contributed by atoms with Crippen molar-refractivity contribution in [3.63, 3.8) is 0 Å². The minimum absolute atomic E-state index is 0.230. The predicted molar refractivity (Wildman–Crippen MR) is 96.0 cm³/mol. The van der Waals surface area contributed by atoms with E-state index in [0.717, 1.165) is 57.0 Å². The molecule has 2 heterocycles. The number of nitrogens with one attached hydrogen (secondary N) is 1. The van der Waals surface area contributed by atoms with Crippen LogP contribution in [0.15, 0.2) is 12.4 Å². The number of aromatic nitrogens is 2. The van der Waals surface area contributed by atoms with Crippen LogP contribution in [0.2, 0.25) is 0 Å². The van der Waals surface area contributed by atoms with Gasteiger partial charge in [0.2, 0.25) is 11.9 Å². The topological polar surface area (TPSA) is 58.1 Å². The van der Waals surface area contributed by atoms with E-state index >= 15 is 0 Å². The zero-order valence-corrected chi connectivity index (χ0v) is 15.2. The molecule has 0 radical (unpaired) electrons. The largest absolute Gasteiger partial charge is 0.353 e. The third kappa shape index (κ3) is 2.87. The van der Waals surface area contributed by atoms with Gasteiger partial charge < -0.3 is 10.2 Å². The highest BCUT2D eigenvalue weighted by atomic mass is 19.1. The molecule has 0 bridgehead atoms. The summed E-state index contributed by atoms with van der Waals surface area (Å²) in [6.07, 6.45) is 11.7. The molecule has 26 heavy (non-hydrogen) atoms. The summed E-state index contributed by atoms with van der Waals surface area (Å²) in [5, 5.41) is 3.45. The molecule has 0 aromatic carbocycles. The number of rotatable bonds is 3. The fourth-order valence-electron chi connectivity index (χ4n) is 5.80. The molecule has 3 saturated carbocycles. The quantitative estimate of drug-likeness (QED) is 0.903. The van der Waals surface area contributed by atoms with Crippen LogP contribution in [0.4, 0.5) is 10.3 Å². The van der Waals surface area contributed by atoms with Crippen LogP contribution in [-0.4, -0.2) is 35.0 Å². The van der Waals surface area contributed by atoms with E-state index < -0.39 is 5.82 Å². The fraction of sp³-hybridized carbons (Fsp3) is 0.750. The zero-order chi connectivity index (χ0) is 17.7. The highest BCUT2D eigenvalue weighted by Crippen LogP contribution is 2.54. The van der Waals surface area contributed by atoms with Crippen LogP contribution in [0.5, 0.6) is 0 Å². The third-order valence-corrected chi connectivity index (χ3v) is 7.49. The molecule has 3 atom stereocenters. The Balaban J connectivity index is 1.21. The molecule has 4 fully saturated rings. The van der Waals surface area contributed by atoms with Crippen molar-refractivity contribution in [1.29, 1.82) is 0 Å². The average Bonchev–Trinajstić information content (AvgIpc) is 3.08. The first-order chi connectivity index (χ1) is 12.6. The molecule has 4 aliphatic rings. The number of carbonyl (C=O) groups excluding carboxylic acids is 1. The number of nitrogens with zero attached hydrogens (tertiary/aromatic N) is 3. The Bertz CT molecular complexity index is 676. The third-order valence-electron chi connectivity index (χ3n) is 7.49. The van der Waals surface area contributed by atoms with E-state index in [4.69, 9.17) is 0 Å². The van der Waals surface area contributed by atoms with Crippen LogP contribution >= 0.6 is 0 Å². The van der Waals surface area contributed by atoms with Crippen LogP contribution < -0.4 is 10.2 Å². The smallest absolute Gasteiger partial charge is 0.225 e. The van der Waals surface area contributed by atoms with Gasteiger partial charge in [-0.25, -0.2) is 14.4 Å². The zero-order valence-electron chi connectivity index (χ0n) is 15.2. The van der Waals surface area contributed by atoms with Crippen molar-refractivity contribution in [2.45, 2.75) is 57.4 Å². The van der Waals surface area contributed by atoms with Crippen LogP contribution in [0, 0.1) is 29.0 Å². The van der Waals surface area contributed by atoms with Gasteiger partial charge in [-0.15, -0.1) is 0 Å². The standard InChI is InChI=1S/C20H27FN4O/c21-16-11-22-19(23-12-16)25-6-4-20(5-7-25)3-1-2-17(20)24-18(26)15-9-13-8-14(13)10-15/h11-15,17H,1-10H2,(H,24,26). The molecule has 1 amide bonds. The van der Waals surface area contributed by atoms with Crippen molar-refractivity contribution in [1.82, 2.24) is 15.3 Å². The van der Waals surface area contributed by atoms with E-state index in [2.05, 4.69) is 20.2 Å². The van der Waals surface area contributed by atoms with Crippen LogP contribution in [0.3, 0.4) is 0 Å². The summed E-state index contributed by atoms with van der Waals surface area (Å²) < 4.78 is 13.0. The summed E-state index contributed by atoms with van der Waals surface area (Å²) in [5.41, 5.74) is 0.230. The summed E-state index contributed by atoms with van der Waals surface area (Å²) in [4.78, 5) is 23.1. The molecule has 140 valence electrons. The van der Waals surface area contributed by atoms with Gasteiger partial charge in [-0.1, -0.05) is 6.42 Å². The van der Waals surface area contributed by atoms with Gasteiger partial charge in [0.15, 0.2) is 5.82 Å². The second-order valence-corrected chi connectivity index (χ2v) is 8.93. The number of anilines is 1. The Hall–Kier alpha value is -1.72. The maximum atomic E-state index is 13.0. The van der Waals surface area contributed by atoms with Crippen LogP contribution in [0.1, 0.15) is 51.4 Å². The minimum atomic E-state index is -0.398. The Kier molecular flexibility index (Phi) is 3.90. The van der Waals surface area contributed by atoms with Gasteiger partial charge in [-0.3, -0.25) is 4.79 Å². The lowest BCUT2D eigenvalue weighted by Gasteiger charge is -2.43. The lowest BCUT2D eigenvalue weighted by molar-refractivity contribution is -0.126. The Morgan fingerprint density at radius 2 is 1.81 bits per heavy atom. The van der Waals surface area contributed by atoms with E-state index in [1.807, 2.05) is 0 Å². The maximum absolute atomic E-state index is 13.0. The van der Waals surface area contributed by atoms with E-state index in [1.54, 1.807) is 0 Å². The summed E-state index contributed by atoms with van der Waals surface area (Å²) in [6.45, 7) is 1.76. The number of piperidine rings is 1. The normalized spacial score (nSPS) is 34.7. The van der Waals surface area contributed by atoms with Gasteiger partial charge in [0.1, 0.15) is 0 Å². The Labute approximate surface area is 153 Å². The number of halogens is 1. The van der Waals surface area contributed by atoms with Gasteiger partial charge in [0, 0.05) is 25.0 Å². The molecule has 6 heteroatoms. The lowest BCUT2D eigenvalue weighted by atomic mass is 9.74. The maximum Gasteiger partial charge on any atom is 0.225 e. The average molecular weight is 358 g/mol. The van der Waals surface area contributed by atoms with Crippen molar-refractivity contribution in [2.24, 2.45) is 23.2 Å². The SMILES string of the molecule is O=C(NC1CCCC12CCN(c1ncc(F)cn1)CC2)C1CC2CC2C1. The molecule has 5 rings (SSSR count). The number of hydrogen-bond donors (Lipinski definition) is 1. The second-order valence-electron chi connectivity index (χ2n) is 8.93. The number of fused-ring (bicyclic) bond motifs is 1. The van der Waals surface area contributed by atoms with E-state index in [1.165, 1.54) is 31.7 Å². The van der Waals surface area contributed by atoms with Crippen molar-refractivity contribution in [3.05, 3.63) is 18.2 Å². The van der Waals surface area contributed by atoms with Gasteiger partial charge >= 0.3 is 0 Å². The van der Waals surface area contributed by atoms with Gasteiger partial charge in [-0.2, -0.15) is 0 Å². The first-order valence-corrected chi connectivity index (χ1v) is 10.2. The molecule has 3 unspecified atom stereocenters. The Morgan fingerprint density at radius 1 is 1.12 bits per heavy atom. The van der Waals surface area contributed by atoms with Crippen LogP contribution in [-0.2, 0) is 4.79 Å². The molecule has 1 aromatic heterocycles. The van der Waals surface area contributed by atoms with Crippen LogP contribution in [0.25, 0.3) is 0 Å².